The standard InChI is InChI=1S/C20H16N4O2S2/c25-19(12-28-20-21-13-5-1-2-6-14(13)22-20)24-16(18-8-4-10-27-18)11-15(23-24)17-7-3-9-26-17/h1-10,16H,11-12H2,(H,21,22). The second-order valence-corrected chi connectivity index (χ2v) is 8.29. The van der Waals surface area contributed by atoms with Crippen LogP contribution in [0.5, 0.6) is 0 Å². The number of aromatic amines is 1. The summed E-state index contributed by atoms with van der Waals surface area (Å²) in [5, 5.41) is 8.94. The molecule has 1 aliphatic heterocycles. The molecule has 6 nitrogen and oxygen atoms in total. The summed E-state index contributed by atoms with van der Waals surface area (Å²) in [6.45, 7) is 0. The van der Waals surface area contributed by atoms with E-state index in [2.05, 4.69) is 15.1 Å². The topological polar surface area (TPSA) is 74.5 Å². The number of H-pyrrole nitrogens is 1. The lowest BCUT2D eigenvalue weighted by molar-refractivity contribution is -0.130. The van der Waals surface area contributed by atoms with Gasteiger partial charge in [-0.2, -0.15) is 5.10 Å². The number of carbonyl (C=O) groups is 1. The lowest BCUT2D eigenvalue weighted by Crippen LogP contribution is -2.28. The van der Waals surface area contributed by atoms with Crippen molar-refractivity contribution in [2.45, 2.75) is 17.6 Å². The molecule has 1 atom stereocenters. The van der Waals surface area contributed by atoms with Crippen LogP contribution in [0.3, 0.4) is 0 Å². The summed E-state index contributed by atoms with van der Waals surface area (Å²) >= 11 is 3.03. The van der Waals surface area contributed by atoms with E-state index in [0.717, 1.165) is 26.8 Å². The number of amides is 1. The molecule has 0 saturated heterocycles. The Labute approximate surface area is 169 Å². The Kier molecular flexibility index (Phi) is 4.50. The van der Waals surface area contributed by atoms with E-state index in [1.165, 1.54) is 11.8 Å². The van der Waals surface area contributed by atoms with Crippen LogP contribution in [0.15, 0.2) is 74.8 Å². The fourth-order valence-corrected chi connectivity index (χ4v) is 4.78. The van der Waals surface area contributed by atoms with Crippen LogP contribution in [-0.2, 0) is 4.79 Å². The van der Waals surface area contributed by atoms with Gasteiger partial charge in [0, 0.05) is 11.3 Å². The van der Waals surface area contributed by atoms with Gasteiger partial charge < -0.3 is 9.40 Å². The van der Waals surface area contributed by atoms with Crippen molar-refractivity contribution in [3.63, 3.8) is 0 Å². The summed E-state index contributed by atoms with van der Waals surface area (Å²) in [4.78, 5) is 21.9. The van der Waals surface area contributed by atoms with Crippen molar-refractivity contribution >= 4 is 45.8 Å². The van der Waals surface area contributed by atoms with Gasteiger partial charge in [-0.1, -0.05) is 30.0 Å². The van der Waals surface area contributed by atoms with E-state index < -0.39 is 0 Å². The van der Waals surface area contributed by atoms with Gasteiger partial charge in [-0.25, -0.2) is 9.99 Å². The Balaban J connectivity index is 1.36. The van der Waals surface area contributed by atoms with Crippen molar-refractivity contribution in [1.29, 1.82) is 0 Å². The van der Waals surface area contributed by atoms with E-state index in [0.29, 0.717) is 12.2 Å². The maximum Gasteiger partial charge on any atom is 0.253 e. The van der Waals surface area contributed by atoms with Crippen LogP contribution < -0.4 is 0 Å². The molecule has 0 radical (unpaired) electrons. The van der Waals surface area contributed by atoms with Gasteiger partial charge in [0.1, 0.15) is 11.5 Å². The SMILES string of the molecule is O=C(CSc1nc2ccccc2[nH]1)N1N=C(c2ccco2)CC1c1cccs1. The number of para-hydroxylation sites is 2. The molecular weight excluding hydrogens is 392 g/mol. The summed E-state index contributed by atoms with van der Waals surface area (Å²) in [5.41, 5.74) is 2.66. The molecule has 1 amide bonds. The fraction of sp³-hybridized carbons (Fsp3) is 0.150. The van der Waals surface area contributed by atoms with Crippen LogP contribution in [-0.4, -0.2) is 32.3 Å². The first-order valence-electron chi connectivity index (χ1n) is 8.82. The molecule has 1 aromatic carbocycles. The van der Waals surface area contributed by atoms with Gasteiger partial charge in [0.25, 0.3) is 5.91 Å². The molecule has 8 heteroatoms. The summed E-state index contributed by atoms with van der Waals surface area (Å²) in [5.74, 6) is 0.920. The smallest absolute Gasteiger partial charge is 0.253 e. The number of thioether (sulfide) groups is 1. The van der Waals surface area contributed by atoms with Crippen LogP contribution in [0, 0.1) is 0 Å². The number of imidazole rings is 1. The molecule has 1 unspecified atom stereocenters. The van der Waals surface area contributed by atoms with Crippen molar-refractivity contribution in [2.24, 2.45) is 5.10 Å². The van der Waals surface area contributed by atoms with Crippen LogP contribution in [0.1, 0.15) is 23.1 Å². The molecule has 28 heavy (non-hydrogen) atoms. The molecule has 4 aromatic rings. The van der Waals surface area contributed by atoms with Crippen LogP contribution in [0.2, 0.25) is 0 Å². The second-order valence-electron chi connectivity index (χ2n) is 6.35. The lowest BCUT2D eigenvalue weighted by atomic mass is 10.1. The number of carbonyl (C=O) groups excluding carboxylic acids is 1. The molecular formula is C20H16N4O2S2. The molecule has 140 valence electrons. The van der Waals surface area contributed by atoms with Crippen molar-refractivity contribution < 1.29 is 9.21 Å². The maximum absolute atomic E-state index is 13.0. The Morgan fingerprint density at radius 3 is 2.96 bits per heavy atom. The predicted molar refractivity (Wildman–Crippen MR) is 111 cm³/mol. The summed E-state index contributed by atoms with van der Waals surface area (Å²) in [7, 11) is 0. The fourth-order valence-electron chi connectivity index (χ4n) is 3.23. The average molecular weight is 409 g/mol. The van der Waals surface area contributed by atoms with Crippen LogP contribution in [0.25, 0.3) is 11.0 Å². The van der Waals surface area contributed by atoms with Crippen molar-refractivity contribution in [2.75, 3.05) is 5.75 Å². The number of furan rings is 1. The van der Waals surface area contributed by atoms with E-state index in [9.17, 15) is 4.79 Å². The number of fused-ring (bicyclic) bond motifs is 1. The number of hydrogen-bond donors (Lipinski definition) is 1. The molecule has 0 spiro atoms. The number of aromatic nitrogens is 2. The number of rotatable bonds is 5. The number of nitrogens with zero attached hydrogens (tertiary/aromatic N) is 3. The molecule has 0 bridgehead atoms. The maximum atomic E-state index is 13.0. The molecule has 0 saturated carbocycles. The average Bonchev–Trinajstić information content (AvgIpc) is 3.50. The largest absolute Gasteiger partial charge is 0.463 e. The second kappa shape index (κ2) is 7.29. The van der Waals surface area contributed by atoms with E-state index in [1.807, 2.05) is 53.9 Å². The highest BCUT2D eigenvalue weighted by Gasteiger charge is 2.34. The minimum atomic E-state index is -0.0936. The third-order valence-corrected chi connectivity index (χ3v) is 6.37. The van der Waals surface area contributed by atoms with Crippen LogP contribution >= 0.6 is 23.1 Å². The zero-order valence-corrected chi connectivity index (χ0v) is 16.4. The van der Waals surface area contributed by atoms with Gasteiger partial charge in [-0.05, 0) is 35.7 Å². The third kappa shape index (κ3) is 3.25. The predicted octanol–water partition coefficient (Wildman–Crippen LogP) is 4.69. The third-order valence-electron chi connectivity index (χ3n) is 4.54. The van der Waals surface area contributed by atoms with Gasteiger partial charge >= 0.3 is 0 Å². The minimum Gasteiger partial charge on any atom is -0.463 e. The van der Waals surface area contributed by atoms with Crippen molar-refractivity contribution in [1.82, 2.24) is 15.0 Å². The monoisotopic (exact) mass is 408 g/mol. The molecule has 5 rings (SSSR count). The molecule has 1 N–H and O–H groups in total. The Morgan fingerprint density at radius 1 is 1.25 bits per heavy atom. The Morgan fingerprint density at radius 2 is 2.18 bits per heavy atom. The summed E-state index contributed by atoms with van der Waals surface area (Å²) in [6, 6.07) is 15.5. The summed E-state index contributed by atoms with van der Waals surface area (Å²) < 4.78 is 5.49. The molecule has 0 fully saturated rings. The normalized spacial score (nSPS) is 16.6. The first-order chi connectivity index (χ1) is 13.8. The number of benzene rings is 1. The highest BCUT2D eigenvalue weighted by molar-refractivity contribution is 7.99. The van der Waals surface area contributed by atoms with Gasteiger partial charge in [0.05, 0.1) is 29.1 Å². The highest BCUT2D eigenvalue weighted by Crippen LogP contribution is 2.35. The van der Waals surface area contributed by atoms with Crippen molar-refractivity contribution in [3.8, 4) is 0 Å². The quantitative estimate of drug-likeness (QED) is 0.486. The van der Waals surface area contributed by atoms with Gasteiger partial charge in [-0.15, -0.1) is 11.3 Å². The Bertz CT molecular complexity index is 1100. The first-order valence-corrected chi connectivity index (χ1v) is 10.7. The van der Waals surface area contributed by atoms with E-state index in [-0.39, 0.29) is 17.7 Å². The van der Waals surface area contributed by atoms with Gasteiger partial charge in [0.2, 0.25) is 0 Å². The number of nitrogens with one attached hydrogen (secondary N) is 1. The molecule has 1 aliphatic rings. The molecule has 3 aromatic heterocycles. The number of hydrazone groups is 1. The zero-order valence-electron chi connectivity index (χ0n) is 14.7. The van der Waals surface area contributed by atoms with Gasteiger partial charge in [-0.3, -0.25) is 4.79 Å². The number of thiophene rings is 1. The zero-order chi connectivity index (χ0) is 18.9. The van der Waals surface area contributed by atoms with E-state index >= 15 is 0 Å². The summed E-state index contributed by atoms with van der Waals surface area (Å²) in [6.07, 6.45) is 2.27. The number of hydrogen-bond acceptors (Lipinski definition) is 6. The van der Waals surface area contributed by atoms with Crippen LogP contribution in [0.4, 0.5) is 0 Å². The van der Waals surface area contributed by atoms with Gasteiger partial charge in [0.15, 0.2) is 5.16 Å². The highest BCUT2D eigenvalue weighted by atomic mass is 32.2. The molecule has 0 aliphatic carbocycles. The Hall–Kier alpha value is -2.84. The molecule has 4 heterocycles. The van der Waals surface area contributed by atoms with E-state index in [4.69, 9.17) is 4.42 Å². The van der Waals surface area contributed by atoms with E-state index in [1.54, 1.807) is 22.6 Å². The van der Waals surface area contributed by atoms with Crippen molar-refractivity contribution in [3.05, 3.63) is 70.8 Å². The first kappa shape index (κ1) is 17.3. The lowest BCUT2D eigenvalue weighted by Gasteiger charge is -2.20. The minimum absolute atomic E-state index is 0.0505.